The first-order valence-corrected chi connectivity index (χ1v) is 7.22. The fourth-order valence-corrected chi connectivity index (χ4v) is 2.41. The predicted molar refractivity (Wildman–Crippen MR) is 80.7 cm³/mol. The van der Waals surface area contributed by atoms with Crippen molar-refractivity contribution >= 4 is 5.69 Å². The summed E-state index contributed by atoms with van der Waals surface area (Å²) >= 11 is 0. The van der Waals surface area contributed by atoms with E-state index in [1.165, 1.54) is 16.8 Å². The van der Waals surface area contributed by atoms with Crippen molar-refractivity contribution in [3.63, 3.8) is 0 Å². The summed E-state index contributed by atoms with van der Waals surface area (Å²) in [5.74, 6) is 0.924. The molecule has 5 heteroatoms. The first-order chi connectivity index (χ1) is 9.63. The smallest absolute Gasteiger partial charge is 0.170 e. The van der Waals surface area contributed by atoms with Crippen LogP contribution in [0.4, 0.5) is 5.69 Å². The van der Waals surface area contributed by atoms with Gasteiger partial charge in [0.1, 0.15) is 0 Å². The Morgan fingerprint density at radius 2 is 1.80 bits per heavy atom. The van der Waals surface area contributed by atoms with Crippen LogP contribution in [-0.2, 0) is 13.1 Å². The molecule has 0 radical (unpaired) electrons. The van der Waals surface area contributed by atoms with E-state index in [4.69, 9.17) is 0 Å². The standard InChI is InChI=1S/C15H23N5/c1-5-7-20-15(16-17-18-20)11-19(6-2)14-9-12(3)8-13(4)10-14/h8-10H,5-7,11H2,1-4H3. The summed E-state index contributed by atoms with van der Waals surface area (Å²) in [7, 11) is 0. The lowest BCUT2D eigenvalue weighted by Crippen LogP contribution is -2.24. The van der Waals surface area contributed by atoms with Crippen LogP contribution < -0.4 is 4.90 Å². The van der Waals surface area contributed by atoms with E-state index < -0.39 is 0 Å². The van der Waals surface area contributed by atoms with E-state index >= 15 is 0 Å². The fraction of sp³-hybridized carbons (Fsp3) is 0.533. The molecule has 20 heavy (non-hydrogen) atoms. The number of anilines is 1. The van der Waals surface area contributed by atoms with Crippen molar-refractivity contribution in [2.45, 2.75) is 47.2 Å². The van der Waals surface area contributed by atoms with Crippen LogP contribution in [0.5, 0.6) is 0 Å². The first kappa shape index (κ1) is 14.5. The van der Waals surface area contributed by atoms with E-state index in [-0.39, 0.29) is 0 Å². The Balaban J connectivity index is 2.22. The number of tetrazole rings is 1. The molecule has 0 saturated heterocycles. The van der Waals surface area contributed by atoms with E-state index in [2.05, 4.69) is 66.3 Å². The van der Waals surface area contributed by atoms with Crippen molar-refractivity contribution in [3.8, 4) is 0 Å². The molecule has 0 saturated carbocycles. The van der Waals surface area contributed by atoms with Gasteiger partial charge in [-0.15, -0.1) is 5.10 Å². The van der Waals surface area contributed by atoms with Gasteiger partial charge in [-0.25, -0.2) is 4.68 Å². The summed E-state index contributed by atoms with van der Waals surface area (Å²) in [4.78, 5) is 2.30. The molecule has 0 aliphatic carbocycles. The van der Waals surface area contributed by atoms with E-state index in [1.54, 1.807) is 0 Å². The molecule has 0 N–H and O–H groups in total. The minimum Gasteiger partial charge on any atom is -0.364 e. The Hall–Kier alpha value is -1.91. The Labute approximate surface area is 120 Å². The number of aromatic nitrogens is 4. The Bertz CT molecular complexity index is 541. The molecule has 0 fully saturated rings. The summed E-state index contributed by atoms with van der Waals surface area (Å²) in [6.45, 7) is 11.1. The molecule has 2 aromatic rings. The van der Waals surface area contributed by atoms with Crippen LogP contribution in [0.25, 0.3) is 0 Å². The maximum absolute atomic E-state index is 4.15. The van der Waals surface area contributed by atoms with Gasteiger partial charge in [0.25, 0.3) is 0 Å². The Morgan fingerprint density at radius 1 is 1.10 bits per heavy atom. The zero-order valence-electron chi connectivity index (χ0n) is 12.8. The average molecular weight is 273 g/mol. The van der Waals surface area contributed by atoms with Crippen molar-refractivity contribution in [1.29, 1.82) is 0 Å². The molecule has 0 unspecified atom stereocenters. The fourth-order valence-electron chi connectivity index (χ4n) is 2.41. The molecule has 1 aromatic carbocycles. The van der Waals surface area contributed by atoms with E-state index in [9.17, 15) is 0 Å². The van der Waals surface area contributed by atoms with Gasteiger partial charge in [-0.1, -0.05) is 13.0 Å². The van der Waals surface area contributed by atoms with E-state index in [0.717, 1.165) is 31.9 Å². The summed E-state index contributed by atoms with van der Waals surface area (Å²) < 4.78 is 1.89. The third-order valence-electron chi connectivity index (χ3n) is 3.33. The highest BCUT2D eigenvalue weighted by atomic mass is 15.5. The molecular weight excluding hydrogens is 250 g/mol. The highest BCUT2D eigenvalue weighted by Gasteiger charge is 2.12. The second kappa shape index (κ2) is 6.50. The van der Waals surface area contributed by atoms with Gasteiger partial charge in [-0.2, -0.15) is 0 Å². The summed E-state index contributed by atoms with van der Waals surface area (Å²) in [5.41, 5.74) is 3.80. The van der Waals surface area contributed by atoms with Crippen LogP contribution in [0.3, 0.4) is 0 Å². The molecule has 0 aliphatic rings. The minimum absolute atomic E-state index is 0.742. The molecule has 1 heterocycles. The maximum atomic E-state index is 4.15. The highest BCUT2D eigenvalue weighted by molar-refractivity contribution is 5.50. The monoisotopic (exact) mass is 273 g/mol. The molecule has 0 bridgehead atoms. The van der Waals surface area contributed by atoms with Crippen LogP contribution in [0.2, 0.25) is 0 Å². The predicted octanol–water partition coefficient (Wildman–Crippen LogP) is 2.73. The van der Waals surface area contributed by atoms with E-state index in [1.807, 2.05) is 4.68 Å². The highest BCUT2D eigenvalue weighted by Crippen LogP contribution is 2.20. The molecule has 5 nitrogen and oxygen atoms in total. The van der Waals surface area contributed by atoms with Crippen LogP contribution in [0.15, 0.2) is 18.2 Å². The van der Waals surface area contributed by atoms with Crippen LogP contribution >= 0.6 is 0 Å². The topological polar surface area (TPSA) is 46.8 Å². The van der Waals surface area contributed by atoms with E-state index in [0.29, 0.717) is 0 Å². The number of benzene rings is 1. The lowest BCUT2D eigenvalue weighted by molar-refractivity contribution is 0.550. The van der Waals surface area contributed by atoms with Crippen molar-refractivity contribution in [2.24, 2.45) is 0 Å². The SMILES string of the molecule is CCCn1nnnc1CN(CC)c1cc(C)cc(C)c1. The molecule has 108 valence electrons. The lowest BCUT2D eigenvalue weighted by Gasteiger charge is -2.23. The van der Waals surface area contributed by atoms with Gasteiger partial charge in [0.05, 0.1) is 6.54 Å². The summed E-state index contributed by atoms with van der Waals surface area (Å²) in [5, 5.41) is 12.0. The third-order valence-corrected chi connectivity index (χ3v) is 3.33. The largest absolute Gasteiger partial charge is 0.364 e. The van der Waals surface area contributed by atoms with Crippen molar-refractivity contribution in [3.05, 3.63) is 35.2 Å². The number of hydrogen-bond acceptors (Lipinski definition) is 4. The van der Waals surface area contributed by atoms with Gasteiger partial charge >= 0.3 is 0 Å². The average Bonchev–Trinajstić information content (AvgIpc) is 2.82. The first-order valence-electron chi connectivity index (χ1n) is 7.22. The van der Waals surface area contributed by atoms with Gasteiger partial charge in [0.15, 0.2) is 5.82 Å². The molecule has 0 spiro atoms. The molecule has 0 aliphatic heterocycles. The third kappa shape index (κ3) is 3.35. The zero-order chi connectivity index (χ0) is 14.5. The molecular formula is C15H23N5. The van der Waals surface area contributed by atoms with Crippen molar-refractivity contribution in [1.82, 2.24) is 20.2 Å². The number of hydrogen-bond donors (Lipinski definition) is 0. The quantitative estimate of drug-likeness (QED) is 0.812. The van der Waals surface area contributed by atoms with Crippen molar-refractivity contribution < 1.29 is 0 Å². The van der Waals surface area contributed by atoms with Gasteiger partial charge in [-0.05, 0) is 60.9 Å². The van der Waals surface area contributed by atoms with Gasteiger partial charge in [-0.3, -0.25) is 0 Å². The second-order valence-corrected chi connectivity index (χ2v) is 5.18. The minimum atomic E-state index is 0.742. The Kier molecular flexibility index (Phi) is 4.71. The summed E-state index contributed by atoms with van der Waals surface area (Å²) in [6, 6.07) is 6.62. The van der Waals surface area contributed by atoms with Gasteiger partial charge in [0.2, 0.25) is 0 Å². The lowest BCUT2D eigenvalue weighted by atomic mass is 10.1. The molecule has 1 aromatic heterocycles. The normalized spacial score (nSPS) is 10.8. The van der Waals surface area contributed by atoms with Crippen LogP contribution in [0, 0.1) is 13.8 Å². The number of nitrogens with zero attached hydrogens (tertiary/aromatic N) is 5. The number of aryl methyl sites for hydroxylation is 3. The zero-order valence-corrected chi connectivity index (χ0v) is 12.8. The number of rotatable bonds is 6. The van der Waals surface area contributed by atoms with Crippen molar-refractivity contribution in [2.75, 3.05) is 11.4 Å². The van der Waals surface area contributed by atoms with Gasteiger partial charge < -0.3 is 4.90 Å². The van der Waals surface area contributed by atoms with Gasteiger partial charge in [0, 0.05) is 18.8 Å². The Morgan fingerprint density at radius 3 is 2.40 bits per heavy atom. The second-order valence-electron chi connectivity index (χ2n) is 5.18. The summed E-state index contributed by atoms with van der Waals surface area (Å²) in [6.07, 6.45) is 1.04. The molecule has 0 atom stereocenters. The van der Waals surface area contributed by atoms with Crippen LogP contribution in [-0.4, -0.2) is 26.8 Å². The maximum Gasteiger partial charge on any atom is 0.170 e. The molecule has 2 rings (SSSR count). The molecule has 0 amide bonds. The van der Waals surface area contributed by atoms with Crippen LogP contribution in [0.1, 0.15) is 37.2 Å².